The number of carbonyl (C=O) groups excluding carboxylic acids is 2. The van der Waals surface area contributed by atoms with Crippen LogP contribution in [0, 0.1) is 5.92 Å². The van der Waals surface area contributed by atoms with Crippen LogP contribution in [0.25, 0.3) is 0 Å². The zero-order valence-electron chi connectivity index (χ0n) is 12.3. The zero-order valence-corrected chi connectivity index (χ0v) is 14.7. The summed E-state index contributed by atoms with van der Waals surface area (Å²) in [6, 6.07) is 6.65. The fourth-order valence-corrected chi connectivity index (χ4v) is 3.97. The van der Waals surface area contributed by atoms with E-state index < -0.39 is 17.7 Å². The Morgan fingerprint density at radius 3 is 2.71 bits per heavy atom. The molecule has 1 atom stereocenters. The first-order chi connectivity index (χ1) is 11.6. The van der Waals surface area contributed by atoms with Gasteiger partial charge in [0.1, 0.15) is 5.51 Å². The van der Waals surface area contributed by atoms with Crippen LogP contribution in [0.4, 0.5) is 5.13 Å². The highest BCUT2D eigenvalue weighted by atomic mass is 79.9. The van der Waals surface area contributed by atoms with Crippen LogP contribution in [0.15, 0.2) is 45.6 Å². The van der Waals surface area contributed by atoms with Crippen molar-refractivity contribution in [3.8, 4) is 0 Å². The Labute approximate surface area is 149 Å². The van der Waals surface area contributed by atoms with Crippen LogP contribution >= 0.6 is 27.3 Å². The summed E-state index contributed by atoms with van der Waals surface area (Å²) in [5.41, 5.74) is 2.40. The molecule has 122 valence electrons. The normalized spacial score (nSPS) is 20.8. The molecule has 0 spiro atoms. The first-order valence-corrected chi connectivity index (χ1v) is 9.08. The first-order valence-electron chi connectivity index (χ1n) is 7.41. The lowest BCUT2D eigenvalue weighted by atomic mass is 9.94. The molecule has 1 aromatic carbocycles. The van der Waals surface area contributed by atoms with Crippen molar-refractivity contribution >= 4 is 44.1 Å². The number of nitrogens with zero attached hydrogens (tertiary/aromatic N) is 3. The molecule has 0 bridgehead atoms. The van der Waals surface area contributed by atoms with Gasteiger partial charge in [-0.15, -0.1) is 10.2 Å². The van der Waals surface area contributed by atoms with Crippen molar-refractivity contribution in [3.63, 3.8) is 0 Å². The van der Waals surface area contributed by atoms with Crippen LogP contribution in [-0.4, -0.2) is 27.0 Å². The van der Waals surface area contributed by atoms with E-state index in [2.05, 4.69) is 26.1 Å². The van der Waals surface area contributed by atoms with Gasteiger partial charge in [-0.2, -0.15) is 0 Å². The molecule has 1 aliphatic heterocycles. The van der Waals surface area contributed by atoms with E-state index in [1.165, 1.54) is 21.7 Å². The van der Waals surface area contributed by atoms with Gasteiger partial charge in [0.25, 0.3) is 5.91 Å². The molecular weight excluding hydrogens is 394 g/mol. The highest BCUT2D eigenvalue weighted by Crippen LogP contribution is 2.46. The smallest absolute Gasteiger partial charge is 0.296 e. The molecule has 2 aromatic rings. The number of halogens is 1. The summed E-state index contributed by atoms with van der Waals surface area (Å²) in [7, 11) is 0. The van der Waals surface area contributed by atoms with Gasteiger partial charge in [-0.1, -0.05) is 45.5 Å². The number of aliphatic hydroxyl groups excluding tert-OH is 1. The number of aliphatic hydroxyl groups is 1. The van der Waals surface area contributed by atoms with Crippen molar-refractivity contribution in [2.75, 3.05) is 4.90 Å². The molecule has 1 amide bonds. The molecule has 8 heteroatoms. The maximum Gasteiger partial charge on any atom is 0.296 e. The van der Waals surface area contributed by atoms with E-state index in [4.69, 9.17) is 0 Å². The number of ketones is 1. The Morgan fingerprint density at radius 2 is 2.08 bits per heavy atom. The summed E-state index contributed by atoms with van der Waals surface area (Å²) in [5, 5.41) is 18.5. The maximum absolute atomic E-state index is 12.7. The molecule has 2 heterocycles. The van der Waals surface area contributed by atoms with Gasteiger partial charge in [0.2, 0.25) is 5.13 Å². The molecule has 24 heavy (non-hydrogen) atoms. The van der Waals surface area contributed by atoms with E-state index in [-0.39, 0.29) is 17.3 Å². The minimum Gasteiger partial charge on any atom is -0.503 e. The number of amides is 1. The minimum absolute atomic E-state index is 0.102. The summed E-state index contributed by atoms with van der Waals surface area (Å²) < 4.78 is 0.758. The van der Waals surface area contributed by atoms with Gasteiger partial charge in [-0.3, -0.25) is 14.5 Å². The number of hydrogen-bond acceptors (Lipinski definition) is 6. The molecule has 1 unspecified atom stereocenters. The molecule has 0 saturated heterocycles. The zero-order chi connectivity index (χ0) is 16.8. The highest BCUT2D eigenvalue weighted by Gasteiger charge is 2.49. The molecule has 1 saturated carbocycles. The molecule has 0 radical (unpaired) electrons. The van der Waals surface area contributed by atoms with Crippen LogP contribution in [0.5, 0.6) is 0 Å². The van der Waals surface area contributed by atoms with Gasteiger partial charge in [-0.05, 0) is 24.5 Å². The van der Waals surface area contributed by atoms with E-state index in [0.29, 0.717) is 5.13 Å². The van der Waals surface area contributed by atoms with E-state index in [1.54, 1.807) is 0 Å². The Bertz CT molecular complexity index is 861. The topological polar surface area (TPSA) is 83.4 Å². The lowest BCUT2D eigenvalue weighted by molar-refractivity contribution is -0.118. The lowest BCUT2D eigenvalue weighted by Gasteiger charge is -2.24. The second-order valence-electron chi connectivity index (χ2n) is 5.72. The number of aromatic nitrogens is 2. The summed E-state index contributed by atoms with van der Waals surface area (Å²) in [5.74, 6) is -1.36. The van der Waals surface area contributed by atoms with Gasteiger partial charge in [0, 0.05) is 10.4 Å². The summed E-state index contributed by atoms with van der Waals surface area (Å²) in [6.07, 6.45) is 1.59. The van der Waals surface area contributed by atoms with E-state index >= 15 is 0 Å². The molecule has 6 nitrogen and oxygen atoms in total. The van der Waals surface area contributed by atoms with Gasteiger partial charge < -0.3 is 5.11 Å². The molecule has 1 fully saturated rings. The van der Waals surface area contributed by atoms with Crippen molar-refractivity contribution in [2.45, 2.75) is 18.9 Å². The molecular formula is C16H12BrN3O3S. The standard InChI is InChI=1S/C16H12BrN3O3S/c17-10-4-2-1-3-9(10)12-11(13(21)8-5-6-8)14(22)15(23)20(12)16-19-18-7-24-16/h1-4,7-8,12,22H,5-6H2. The van der Waals surface area contributed by atoms with Gasteiger partial charge in [-0.25, -0.2) is 0 Å². The Balaban J connectivity index is 1.89. The Hall–Kier alpha value is -2.06. The summed E-state index contributed by atoms with van der Waals surface area (Å²) in [6.45, 7) is 0. The third kappa shape index (κ3) is 2.37. The third-order valence-corrected chi connectivity index (χ3v) is 5.59. The van der Waals surface area contributed by atoms with Crippen molar-refractivity contribution < 1.29 is 14.7 Å². The van der Waals surface area contributed by atoms with Crippen LogP contribution in [-0.2, 0) is 9.59 Å². The van der Waals surface area contributed by atoms with Crippen molar-refractivity contribution in [1.29, 1.82) is 0 Å². The SMILES string of the molecule is O=C(C1=C(O)C(=O)N(c2nncs2)C1c1ccccc1Br)C1CC1. The van der Waals surface area contributed by atoms with Crippen LogP contribution in [0.3, 0.4) is 0 Å². The van der Waals surface area contributed by atoms with E-state index in [1.807, 2.05) is 24.3 Å². The van der Waals surface area contributed by atoms with Crippen LogP contribution in [0.2, 0.25) is 0 Å². The Morgan fingerprint density at radius 1 is 1.33 bits per heavy atom. The monoisotopic (exact) mass is 405 g/mol. The number of carbonyl (C=O) groups is 2. The second-order valence-corrected chi connectivity index (χ2v) is 7.39. The summed E-state index contributed by atoms with van der Waals surface area (Å²) in [4.78, 5) is 26.7. The Kier molecular flexibility index (Phi) is 3.73. The third-order valence-electron chi connectivity index (χ3n) is 4.18. The number of Topliss-reactive ketones (excluding diaryl/α,β-unsaturated/α-hetero) is 1. The average Bonchev–Trinajstić information content (AvgIpc) is 3.23. The van der Waals surface area contributed by atoms with Crippen molar-refractivity contribution in [3.05, 3.63) is 51.1 Å². The number of anilines is 1. The number of benzene rings is 1. The molecule has 1 aliphatic carbocycles. The fourth-order valence-electron chi connectivity index (χ4n) is 2.88. The summed E-state index contributed by atoms with van der Waals surface area (Å²) >= 11 is 4.67. The lowest BCUT2D eigenvalue weighted by Crippen LogP contribution is -2.31. The quantitative estimate of drug-likeness (QED) is 0.844. The van der Waals surface area contributed by atoms with Crippen LogP contribution < -0.4 is 4.90 Å². The fraction of sp³-hybridized carbons (Fsp3) is 0.250. The molecule has 2 aliphatic rings. The molecule has 4 rings (SSSR count). The average molecular weight is 406 g/mol. The first kappa shape index (κ1) is 15.5. The maximum atomic E-state index is 12.7. The highest BCUT2D eigenvalue weighted by molar-refractivity contribution is 9.10. The van der Waals surface area contributed by atoms with Crippen molar-refractivity contribution in [2.24, 2.45) is 5.92 Å². The number of hydrogen-bond donors (Lipinski definition) is 1. The van der Waals surface area contributed by atoms with E-state index in [9.17, 15) is 14.7 Å². The minimum atomic E-state index is -0.700. The van der Waals surface area contributed by atoms with Gasteiger partial charge >= 0.3 is 0 Å². The van der Waals surface area contributed by atoms with E-state index in [0.717, 1.165) is 22.9 Å². The molecule has 1 N–H and O–H groups in total. The predicted octanol–water partition coefficient (Wildman–Crippen LogP) is 3.18. The van der Waals surface area contributed by atoms with Gasteiger partial charge in [0.15, 0.2) is 11.5 Å². The van der Waals surface area contributed by atoms with Crippen LogP contribution in [0.1, 0.15) is 24.4 Å². The molecule has 1 aromatic heterocycles. The number of rotatable bonds is 4. The van der Waals surface area contributed by atoms with Crippen molar-refractivity contribution in [1.82, 2.24) is 10.2 Å². The van der Waals surface area contributed by atoms with Gasteiger partial charge in [0.05, 0.1) is 11.6 Å². The second kappa shape index (κ2) is 5.78. The largest absolute Gasteiger partial charge is 0.503 e. The predicted molar refractivity (Wildman–Crippen MR) is 91.7 cm³/mol.